The van der Waals surface area contributed by atoms with E-state index in [4.69, 9.17) is 0 Å². The fourth-order valence-corrected chi connectivity index (χ4v) is 2.72. The molecular formula is C11H16N8S. The lowest BCUT2D eigenvalue weighted by Gasteiger charge is -2.16. The topological polar surface area (TPSA) is 84.7 Å². The Bertz CT molecular complexity index is 592. The first-order valence-electron chi connectivity index (χ1n) is 6.47. The first-order chi connectivity index (χ1) is 9.76. The molecule has 1 fully saturated rings. The zero-order valence-corrected chi connectivity index (χ0v) is 12.3. The third-order valence-electron chi connectivity index (χ3n) is 3.07. The molecule has 0 aromatic carbocycles. The van der Waals surface area contributed by atoms with Gasteiger partial charge in [-0.05, 0) is 24.6 Å². The van der Waals surface area contributed by atoms with Gasteiger partial charge in [-0.15, -0.1) is 0 Å². The Balaban J connectivity index is 1.89. The molecule has 2 aromatic rings. The summed E-state index contributed by atoms with van der Waals surface area (Å²) < 4.78 is 1.70. The molecule has 8 nitrogen and oxygen atoms in total. The Labute approximate surface area is 121 Å². The van der Waals surface area contributed by atoms with E-state index < -0.39 is 0 Å². The zero-order valence-electron chi connectivity index (χ0n) is 11.4. The van der Waals surface area contributed by atoms with Crippen LogP contribution in [-0.4, -0.2) is 49.9 Å². The first kappa shape index (κ1) is 13.1. The molecule has 106 valence electrons. The Kier molecular flexibility index (Phi) is 3.68. The van der Waals surface area contributed by atoms with Gasteiger partial charge >= 0.3 is 0 Å². The van der Waals surface area contributed by atoms with Crippen molar-refractivity contribution in [3.05, 3.63) is 6.33 Å². The SMILES string of the molecule is CNc1nc(Sc2ncnn2C)nc(N2CCCC2)n1. The largest absolute Gasteiger partial charge is 0.357 e. The molecule has 20 heavy (non-hydrogen) atoms. The van der Waals surface area contributed by atoms with E-state index in [1.54, 1.807) is 11.7 Å². The third kappa shape index (κ3) is 2.67. The Morgan fingerprint density at radius 1 is 1.20 bits per heavy atom. The Morgan fingerprint density at radius 2 is 2.00 bits per heavy atom. The van der Waals surface area contributed by atoms with Gasteiger partial charge in [0.25, 0.3) is 0 Å². The quantitative estimate of drug-likeness (QED) is 0.885. The summed E-state index contributed by atoms with van der Waals surface area (Å²) in [5.41, 5.74) is 0. The van der Waals surface area contributed by atoms with Crippen LogP contribution < -0.4 is 10.2 Å². The van der Waals surface area contributed by atoms with Crippen molar-refractivity contribution in [1.82, 2.24) is 29.7 Å². The smallest absolute Gasteiger partial charge is 0.231 e. The van der Waals surface area contributed by atoms with Crippen molar-refractivity contribution in [3.63, 3.8) is 0 Å². The molecule has 1 N–H and O–H groups in total. The summed E-state index contributed by atoms with van der Waals surface area (Å²) in [6, 6.07) is 0. The van der Waals surface area contributed by atoms with Crippen molar-refractivity contribution in [2.24, 2.45) is 7.05 Å². The van der Waals surface area contributed by atoms with Gasteiger partial charge < -0.3 is 10.2 Å². The van der Waals surface area contributed by atoms with Gasteiger partial charge in [-0.3, -0.25) is 0 Å². The molecule has 0 unspecified atom stereocenters. The highest BCUT2D eigenvalue weighted by Crippen LogP contribution is 2.25. The molecule has 3 rings (SSSR count). The van der Waals surface area contributed by atoms with E-state index in [2.05, 4.69) is 35.3 Å². The number of nitrogens with one attached hydrogen (secondary N) is 1. The van der Waals surface area contributed by atoms with Crippen LogP contribution in [0.2, 0.25) is 0 Å². The average Bonchev–Trinajstić information content (AvgIpc) is 3.11. The van der Waals surface area contributed by atoms with E-state index in [9.17, 15) is 0 Å². The molecule has 0 bridgehead atoms. The van der Waals surface area contributed by atoms with Crippen molar-refractivity contribution in [1.29, 1.82) is 0 Å². The van der Waals surface area contributed by atoms with Crippen LogP contribution in [0.25, 0.3) is 0 Å². The predicted octanol–water partition coefficient (Wildman–Crippen LogP) is 0.793. The van der Waals surface area contributed by atoms with E-state index >= 15 is 0 Å². The minimum absolute atomic E-state index is 0.576. The van der Waals surface area contributed by atoms with Crippen LogP contribution in [0.5, 0.6) is 0 Å². The normalized spacial score (nSPS) is 14.8. The van der Waals surface area contributed by atoms with Gasteiger partial charge in [-0.25, -0.2) is 9.67 Å². The van der Waals surface area contributed by atoms with Crippen LogP contribution in [0.1, 0.15) is 12.8 Å². The minimum Gasteiger partial charge on any atom is -0.357 e. The molecular weight excluding hydrogens is 276 g/mol. The van der Waals surface area contributed by atoms with Crippen LogP contribution in [-0.2, 0) is 7.05 Å². The van der Waals surface area contributed by atoms with Crippen molar-refractivity contribution >= 4 is 23.7 Å². The maximum atomic E-state index is 4.52. The van der Waals surface area contributed by atoms with E-state index in [0.29, 0.717) is 11.1 Å². The maximum absolute atomic E-state index is 4.52. The number of anilines is 2. The van der Waals surface area contributed by atoms with E-state index in [0.717, 1.165) is 24.2 Å². The standard InChI is InChI=1S/C11H16N8S/c1-12-8-15-9(19-5-3-4-6-19)17-10(16-8)20-11-13-7-14-18(11)2/h7H,3-6H2,1-2H3,(H,12,15,16,17). The highest BCUT2D eigenvalue weighted by Gasteiger charge is 2.18. The summed E-state index contributed by atoms with van der Waals surface area (Å²) in [6.07, 6.45) is 3.89. The predicted molar refractivity (Wildman–Crippen MR) is 75.9 cm³/mol. The molecule has 3 heterocycles. The second-order valence-corrected chi connectivity index (χ2v) is 5.39. The molecule has 1 aliphatic rings. The lowest BCUT2D eigenvalue weighted by molar-refractivity contribution is 0.683. The minimum atomic E-state index is 0.576. The third-order valence-corrected chi connectivity index (χ3v) is 3.99. The molecule has 1 aliphatic heterocycles. The van der Waals surface area contributed by atoms with Gasteiger partial charge in [0, 0.05) is 27.2 Å². The summed E-state index contributed by atoms with van der Waals surface area (Å²) in [7, 11) is 3.65. The highest BCUT2D eigenvalue weighted by molar-refractivity contribution is 7.99. The van der Waals surface area contributed by atoms with Crippen LogP contribution >= 0.6 is 11.8 Å². The van der Waals surface area contributed by atoms with Gasteiger partial charge in [0.1, 0.15) is 6.33 Å². The average molecular weight is 292 g/mol. The fraction of sp³-hybridized carbons (Fsp3) is 0.545. The molecule has 0 atom stereocenters. The fourth-order valence-electron chi connectivity index (χ4n) is 2.02. The number of hydrogen-bond acceptors (Lipinski definition) is 8. The molecule has 0 radical (unpaired) electrons. The van der Waals surface area contributed by atoms with Gasteiger partial charge in [0.15, 0.2) is 5.16 Å². The number of aryl methyl sites for hydroxylation is 1. The first-order valence-corrected chi connectivity index (χ1v) is 7.28. The molecule has 0 amide bonds. The number of nitrogens with zero attached hydrogens (tertiary/aromatic N) is 7. The molecule has 0 saturated carbocycles. The second kappa shape index (κ2) is 5.61. The summed E-state index contributed by atoms with van der Waals surface area (Å²) in [6.45, 7) is 2.00. The summed E-state index contributed by atoms with van der Waals surface area (Å²) in [5, 5.41) is 8.41. The lowest BCUT2D eigenvalue weighted by Crippen LogP contribution is -2.21. The van der Waals surface area contributed by atoms with E-state index in [1.807, 2.05) is 7.05 Å². The Morgan fingerprint density at radius 3 is 2.65 bits per heavy atom. The molecule has 2 aromatic heterocycles. The summed E-state index contributed by atoms with van der Waals surface area (Å²) in [4.78, 5) is 19.7. The molecule has 0 spiro atoms. The number of rotatable bonds is 4. The van der Waals surface area contributed by atoms with E-state index in [-0.39, 0.29) is 0 Å². The van der Waals surface area contributed by atoms with Crippen LogP contribution in [0.3, 0.4) is 0 Å². The zero-order chi connectivity index (χ0) is 13.9. The molecule has 1 saturated heterocycles. The Hall–Kier alpha value is -1.90. The number of hydrogen-bond donors (Lipinski definition) is 1. The molecule has 0 aliphatic carbocycles. The van der Waals surface area contributed by atoms with Gasteiger partial charge in [-0.2, -0.15) is 20.1 Å². The van der Waals surface area contributed by atoms with Crippen LogP contribution in [0.4, 0.5) is 11.9 Å². The maximum Gasteiger partial charge on any atom is 0.231 e. The van der Waals surface area contributed by atoms with E-state index in [1.165, 1.54) is 30.9 Å². The summed E-state index contributed by atoms with van der Waals surface area (Å²) >= 11 is 1.38. The van der Waals surface area contributed by atoms with Crippen molar-refractivity contribution < 1.29 is 0 Å². The van der Waals surface area contributed by atoms with Crippen LogP contribution in [0.15, 0.2) is 16.6 Å². The monoisotopic (exact) mass is 292 g/mol. The lowest BCUT2D eigenvalue weighted by atomic mass is 10.4. The second-order valence-electron chi connectivity index (χ2n) is 4.45. The summed E-state index contributed by atoms with van der Waals surface area (Å²) in [5.74, 6) is 1.30. The van der Waals surface area contributed by atoms with Crippen molar-refractivity contribution in [2.45, 2.75) is 23.2 Å². The highest BCUT2D eigenvalue weighted by atomic mass is 32.2. The molecule has 9 heteroatoms. The van der Waals surface area contributed by atoms with Crippen LogP contribution in [0, 0.1) is 0 Å². The van der Waals surface area contributed by atoms with Gasteiger partial charge in [0.05, 0.1) is 0 Å². The van der Waals surface area contributed by atoms with Gasteiger partial charge in [0.2, 0.25) is 17.1 Å². The van der Waals surface area contributed by atoms with Gasteiger partial charge in [-0.1, -0.05) is 0 Å². The van der Waals surface area contributed by atoms with Crippen molar-refractivity contribution in [3.8, 4) is 0 Å². The number of aromatic nitrogens is 6. The van der Waals surface area contributed by atoms with Crippen molar-refractivity contribution in [2.75, 3.05) is 30.4 Å².